The van der Waals surface area contributed by atoms with Crippen molar-refractivity contribution < 1.29 is 28.2 Å². The highest BCUT2D eigenvalue weighted by Gasteiger charge is 2.14. The third-order valence-electron chi connectivity index (χ3n) is 4.77. The zero-order valence-corrected chi connectivity index (χ0v) is 16.8. The predicted octanol–water partition coefficient (Wildman–Crippen LogP) is 5.09. The number of nitrogens with one attached hydrogen (secondary N) is 1. The molecule has 2 N–H and O–H groups in total. The van der Waals surface area contributed by atoms with Crippen LogP contribution in [-0.2, 0) is 16.0 Å². The van der Waals surface area contributed by atoms with Crippen molar-refractivity contribution in [2.24, 2.45) is 0 Å². The number of amides is 1. The molecule has 3 aromatic carbocycles. The maximum atomic E-state index is 14.0. The summed E-state index contributed by atoms with van der Waals surface area (Å²) in [6.45, 7) is 0. The van der Waals surface area contributed by atoms with E-state index in [1.165, 1.54) is 25.3 Å². The summed E-state index contributed by atoms with van der Waals surface area (Å²) in [5.74, 6) is -2.38. The SMILES string of the molecule is COC(=O)CCCc1ccc(NC(=O)c2ccc(-c3cc(F)ccc3F)cc2O)cc1. The number of rotatable bonds is 7. The number of halogens is 2. The minimum absolute atomic E-state index is 0.00251. The highest BCUT2D eigenvalue weighted by Crippen LogP contribution is 2.29. The summed E-state index contributed by atoms with van der Waals surface area (Å²) in [6.07, 6.45) is 1.69. The number of hydrogen-bond donors (Lipinski definition) is 2. The fraction of sp³-hybridized carbons (Fsp3) is 0.167. The van der Waals surface area contributed by atoms with E-state index in [4.69, 9.17) is 0 Å². The maximum absolute atomic E-state index is 14.0. The Morgan fingerprint density at radius 1 is 1.00 bits per heavy atom. The summed E-state index contributed by atoms with van der Waals surface area (Å²) in [6, 6.07) is 14.2. The Labute approximate surface area is 178 Å². The van der Waals surface area contributed by atoms with E-state index in [2.05, 4.69) is 10.1 Å². The second-order valence-corrected chi connectivity index (χ2v) is 6.94. The van der Waals surface area contributed by atoms with Crippen LogP contribution in [0, 0.1) is 11.6 Å². The van der Waals surface area contributed by atoms with Crippen molar-refractivity contribution in [2.45, 2.75) is 19.3 Å². The topological polar surface area (TPSA) is 75.6 Å². The first-order valence-electron chi connectivity index (χ1n) is 9.63. The molecule has 0 radical (unpaired) electrons. The van der Waals surface area contributed by atoms with E-state index in [0.717, 1.165) is 23.8 Å². The number of carbonyl (C=O) groups is 2. The van der Waals surface area contributed by atoms with Crippen molar-refractivity contribution in [1.29, 1.82) is 0 Å². The summed E-state index contributed by atoms with van der Waals surface area (Å²) < 4.78 is 32.0. The Hall–Kier alpha value is -3.74. The van der Waals surface area contributed by atoms with Gasteiger partial charge in [0.1, 0.15) is 17.4 Å². The third kappa shape index (κ3) is 5.66. The molecule has 0 atom stereocenters. The Bertz CT molecular complexity index is 1100. The lowest BCUT2D eigenvalue weighted by Gasteiger charge is -2.10. The normalized spacial score (nSPS) is 10.5. The van der Waals surface area contributed by atoms with Gasteiger partial charge in [-0.25, -0.2) is 8.78 Å². The minimum Gasteiger partial charge on any atom is -0.507 e. The minimum atomic E-state index is -0.635. The largest absolute Gasteiger partial charge is 0.507 e. The number of phenolic OH excluding ortho intramolecular Hbond substituents is 1. The van der Waals surface area contributed by atoms with Crippen LogP contribution in [0.5, 0.6) is 5.75 Å². The van der Waals surface area contributed by atoms with Gasteiger partial charge in [-0.2, -0.15) is 0 Å². The number of benzene rings is 3. The molecule has 0 heterocycles. The van der Waals surface area contributed by atoms with Gasteiger partial charge in [0.25, 0.3) is 5.91 Å². The standard InChI is InChI=1S/C24H21F2NO4/c1-31-23(29)4-2-3-15-5-9-18(10-6-15)27-24(30)19-11-7-16(13-22(19)28)20-14-17(25)8-12-21(20)26/h5-14,28H,2-4H2,1H3,(H,27,30). The first-order chi connectivity index (χ1) is 14.9. The molecule has 0 saturated carbocycles. The van der Waals surface area contributed by atoms with Crippen LogP contribution in [0.15, 0.2) is 60.7 Å². The lowest BCUT2D eigenvalue weighted by atomic mass is 10.0. The van der Waals surface area contributed by atoms with Crippen LogP contribution in [0.25, 0.3) is 11.1 Å². The number of methoxy groups -OCH3 is 1. The van der Waals surface area contributed by atoms with Crippen molar-refractivity contribution in [2.75, 3.05) is 12.4 Å². The van der Waals surface area contributed by atoms with E-state index in [9.17, 15) is 23.5 Å². The van der Waals surface area contributed by atoms with Gasteiger partial charge < -0.3 is 15.2 Å². The van der Waals surface area contributed by atoms with Gasteiger partial charge in [0.05, 0.1) is 12.7 Å². The van der Waals surface area contributed by atoms with Gasteiger partial charge in [0.2, 0.25) is 0 Å². The van der Waals surface area contributed by atoms with Crippen molar-refractivity contribution >= 4 is 17.6 Å². The number of anilines is 1. The van der Waals surface area contributed by atoms with E-state index in [1.807, 2.05) is 12.1 Å². The zero-order chi connectivity index (χ0) is 22.4. The van der Waals surface area contributed by atoms with E-state index in [-0.39, 0.29) is 28.4 Å². The van der Waals surface area contributed by atoms with Gasteiger partial charge in [0.15, 0.2) is 0 Å². The quantitative estimate of drug-likeness (QED) is 0.518. The highest BCUT2D eigenvalue weighted by molar-refractivity contribution is 6.06. The second-order valence-electron chi connectivity index (χ2n) is 6.94. The molecule has 0 aromatic heterocycles. The van der Waals surface area contributed by atoms with Crippen LogP contribution < -0.4 is 5.32 Å². The Morgan fingerprint density at radius 3 is 2.42 bits per heavy atom. The average Bonchev–Trinajstić information content (AvgIpc) is 2.76. The van der Waals surface area contributed by atoms with E-state index >= 15 is 0 Å². The van der Waals surface area contributed by atoms with Crippen LogP contribution >= 0.6 is 0 Å². The number of carbonyl (C=O) groups excluding carboxylic acids is 2. The molecule has 7 heteroatoms. The summed E-state index contributed by atoms with van der Waals surface area (Å²) in [5.41, 5.74) is 1.78. The smallest absolute Gasteiger partial charge is 0.305 e. The van der Waals surface area contributed by atoms with Gasteiger partial charge in [0, 0.05) is 17.7 Å². The summed E-state index contributed by atoms with van der Waals surface area (Å²) in [4.78, 5) is 23.7. The van der Waals surface area contributed by atoms with E-state index in [0.29, 0.717) is 24.9 Å². The van der Waals surface area contributed by atoms with Crippen LogP contribution in [-0.4, -0.2) is 24.1 Å². The van der Waals surface area contributed by atoms with Gasteiger partial charge in [-0.15, -0.1) is 0 Å². The first-order valence-corrected chi connectivity index (χ1v) is 9.63. The Kier molecular flexibility index (Phi) is 6.97. The summed E-state index contributed by atoms with van der Waals surface area (Å²) >= 11 is 0. The second kappa shape index (κ2) is 9.84. The number of aromatic hydroxyl groups is 1. The van der Waals surface area contributed by atoms with Crippen molar-refractivity contribution in [1.82, 2.24) is 0 Å². The fourth-order valence-corrected chi connectivity index (χ4v) is 3.10. The molecule has 0 aliphatic heterocycles. The van der Waals surface area contributed by atoms with Gasteiger partial charge >= 0.3 is 5.97 Å². The molecular formula is C24H21F2NO4. The van der Waals surface area contributed by atoms with Gasteiger partial charge in [-0.1, -0.05) is 18.2 Å². The molecule has 3 aromatic rings. The van der Waals surface area contributed by atoms with Gasteiger partial charge in [-0.05, 0) is 66.4 Å². The molecule has 1 amide bonds. The molecule has 0 bridgehead atoms. The van der Waals surface area contributed by atoms with Crippen molar-refractivity contribution in [3.05, 3.63) is 83.4 Å². The van der Waals surface area contributed by atoms with Crippen LogP contribution in [0.1, 0.15) is 28.8 Å². The zero-order valence-electron chi connectivity index (χ0n) is 16.8. The average molecular weight is 425 g/mol. The van der Waals surface area contributed by atoms with E-state index < -0.39 is 17.5 Å². The first kappa shape index (κ1) is 22.0. The molecule has 0 unspecified atom stereocenters. The molecule has 5 nitrogen and oxygen atoms in total. The maximum Gasteiger partial charge on any atom is 0.305 e. The number of ether oxygens (including phenoxy) is 1. The van der Waals surface area contributed by atoms with Crippen molar-refractivity contribution in [3.8, 4) is 16.9 Å². The molecule has 0 fully saturated rings. The van der Waals surface area contributed by atoms with Crippen LogP contribution in [0.3, 0.4) is 0 Å². The molecular weight excluding hydrogens is 404 g/mol. The molecule has 3 rings (SSSR count). The molecule has 160 valence electrons. The lowest BCUT2D eigenvalue weighted by molar-refractivity contribution is -0.140. The lowest BCUT2D eigenvalue weighted by Crippen LogP contribution is -2.12. The van der Waals surface area contributed by atoms with Gasteiger partial charge in [-0.3, -0.25) is 9.59 Å². The van der Waals surface area contributed by atoms with Crippen molar-refractivity contribution in [3.63, 3.8) is 0 Å². The summed E-state index contributed by atoms with van der Waals surface area (Å²) in [7, 11) is 1.35. The monoisotopic (exact) mass is 425 g/mol. The molecule has 0 aliphatic rings. The number of aryl methyl sites for hydroxylation is 1. The number of hydrogen-bond acceptors (Lipinski definition) is 4. The number of phenols is 1. The molecule has 0 saturated heterocycles. The highest BCUT2D eigenvalue weighted by atomic mass is 19.1. The molecule has 31 heavy (non-hydrogen) atoms. The summed E-state index contributed by atoms with van der Waals surface area (Å²) in [5, 5.41) is 12.9. The van der Waals surface area contributed by atoms with Crippen LogP contribution in [0.2, 0.25) is 0 Å². The third-order valence-corrected chi connectivity index (χ3v) is 4.77. The Morgan fingerprint density at radius 2 is 1.74 bits per heavy atom. The Balaban J connectivity index is 1.66. The van der Waals surface area contributed by atoms with E-state index in [1.54, 1.807) is 12.1 Å². The predicted molar refractivity (Wildman–Crippen MR) is 113 cm³/mol. The molecule has 0 spiro atoms. The molecule has 0 aliphatic carbocycles. The number of esters is 1. The fourth-order valence-electron chi connectivity index (χ4n) is 3.10. The van der Waals surface area contributed by atoms with Crippen LogP contribution in [0.4, 0.5) is 14.5 Å².